The first-order valence-corrected chi connectivity index (χ1v) is 8.36. The smallest absolute Gasteiger partial charge is 0.227 e. The third-order valence-corrected chi connectivity index (χ3v) is 4.90. The van der Waals surface area contributed by atoms with E-state index in [1.807, 2.05) is 23.6 Å². The largest absolute Gasteiger partial charge is 0.312 e. The summed E-state index contributed by atoms with van der Waals surface area (Å²) in [4.78, 5) is 14.7. The molecule has 1 aliphatic rings. The maximum atomic E-state index is 12.7. The normalized spacial score (nSPS) is 14.0. The van der Waals surface area contributed by atoms with E-state index >= 15 is 0 Å². The van der Waals surface area contributed by atoms with Gasteiger partial charge in [0.05, 0.1) is 5.69 Å². The van der Waals surface area contributed by atoms with Crippen LogP contribution in [0.2, 0.25) is 0 Å². The second-order valence-corrected chi connectivity index (χ2v) is 6.55. The van der Waals surface area contributed by atoms with Crippen LogP contribution >= 0.6 is 0 Å². The summed E-state index contributed by atoms with van der Waals surface area (Å²) in [6.07, 6.45) is 3.43. The van der Waals surface area contributed by atoms with Gasteiger partial charge in [0.2, 0.25) is 5.91 Å². The quantitative estimate of drug-likeness (QED) is 0.872. The molecule has 4 nitrogen and oxygen atoms in total. The summed E-state index contributed by atoms with van der Waals surface area (Å²) in [5.41, 5.74) is 7.07. The molecule has 2 heterocycles. The second kappa shape index (κ2) is 6.19. The lowest BCUT2D eigenvalue weighted by atomic mass is 9.98. The maximum Gasteiger partial charge on any atom is 0.227 e. The molecule has 1 aromatic heterocycles. The van der Waals surface area contributed by atoms with Gasteiger partial charge >= 0.3 is 0 Å². The number of nitrogens with zero attached hydrogens (tertiary/aromatic N) is 3. The molecule has 0 N–H and O–H groups in total. The molecule has 122 valence electrons. The van der Waals surface area contributed by atoms with Crippen molar-refractivity contribution in [3.63, 3.8) is 0 Å². The summed E-state index contributed by atoms with van der Waals surface area (Å²) in [6, 6.07) is 6.41. The molecule has 0 atom stereocenters. The number of carbonyl (C=O) groups is 1. The van der Waals surface area contributed by atoms with Crippen molar-refractivity contribution in [2.45, 2.75) is 46.5 Å². The molecule has 1 aliphatic heterocycles. The molecule has 0 fully saturated rings. The lowest BCUT2D eigenvalue weighted by Crippen LogP contribution is -2.35. The van der Waals surface area contributed by atoms with Crippen LogP contribution < -0.4 is 4.90 Å². The van der Waals surface area contributed by atoms with E-state index in [1.165, 1.54) is 16.7 Å². The Morgan fingerprint density at radius 3 is 2.74 bits per heavy atom. The van der Waals surface area contributed by atoms with Crippen LogP contribution in [-0.2, 0) is 24.7 Å². The van der Waals surface area contributed by atoms with E-state index in [1.54, 1.807) is 0 Å². The molecule has 0 unspecified atom stereocenters. The average molecular weight is 311 g/mol. The van der Waals surface area contributed by atoms with Crippen LogP contribution in [0.5, 0.6) is 0 Å². The van der Waals surface area contributed by atoms with E-state index in [9.17, 15) is 4.79 Å². The van der Waals surface area contributed by atoms with E-state index in [2.05, 4.69) is 37.1 Å². The Morgan fingerprint density at radius 1 is 1.26 bits per heavy atom. The predicted molar refractivity (Wildman–Crippen MR) is 92.9 cm³/mol. The van der Waals surface area contributed by atoms with Gasteiger partial charge in [-0.25, -0.2) is 0 Å². The van der Waals surface area contributed by atoms with Gasteiger partial charge in [0.1, 0.15) is 0 Å². The van der Waals surface area contributed by atoms with Gasteiger partial charge in [-0.05, 0) is 57.2 Å². The minimum Gasteiger partial charge on any atom is -0.312 e. The van der Waals surface area contributed by atoms with Crippen molar-refractivity contribution in [1.29, 1.82) is 0 Å². The molecule has 1 aromatic carbocycles. The van der Waals surface area contributed by atoms with Crippen molar-refractivity contribution >= 4 is 11.6 Å². The van der Waals surface area contributed by atoms with Crippen LogP contribution in [0.25, 0.3) is 0 Å². The number of hydrogen-bond acceptors (Lipinski definition) is 2. The van der Waals surface area contributed by atoms with Crippen LogP contribution in [0.4, 0.5) is 5.69 Å². The van der Waals surface area contributed by atoms with Crippen molar-refractivity contribution in [3.8, 4) is 0 Å². The van der Waals surface area contributed by atoms with Gasteiger partial charge in [-0.1, -0.05) is 17.7 Å². The molecule has 0 bridgehead atoms. The summed E-state index contributed by atoms with van der Waals surface area (Å²) >= 11 is 0. The maximum absolute atomic E-state index is 12.7. The number of anilines is 1. The van der Waals surface area contributed by atoms with E-state index in [4.69, 9.17) is 0 Å². The third kappa shape index (κ3) is 3.03. The fraction of sp³-hybridized carbons (Fsp3) is 0.474. The molecule has 0 spiro atoms. The zero-order valence-electron chi connectivity index (χ0n) is 14.5. The Labute approximate surface area is 138 Å². The fourth-order valence-corrected chi connectivity index (χ4v) is 3.53. The average Bonchev–Trinajstić information content (AvgIpc) is 2.77. The SMILES string of the molecule is Cc1ccc2c(c1)CCCN2C(=O)CCc1c(C)nn(C)c1C. The molecule has 2 aromatic rings. The zero-order chi connectivity index (χ0) is 16.6. The number of benzene rings is 1. The highest BCUT2D eigenvalue weighted by molar-refractivity contribution is 5.94. The van der Waals surface area contributed by atoms with E-state index < -0.39 is 0 Å². The molecule has 4 heteroatoms. The first kappa shape index (κ1) is 15.8. The number of hydrogen-bond donors (Lipinski definition) is 0. The van der Waals surface area contributed by atoms with Crippen molar-refractivity contribution in [2.24, 2.45) is 7.05 Å². The number of fused-ring (bicyclic) bond motifs is 1. The molecule has 3 rings (SSSR count). The first-order chi connectivity index (χ1) is 11.0. The van der Waals surface area contributed by atoms with Gasteiger partial charge in [0.25, 0.3) is 0 Å². The van der Waals surface area contributed by atoms with Crippen LogP contribution in [0.1, 0.15) is 40.9 Å². The van der Waals surface area contributed by atoms with E-state index in [0.29, 0.717) is 6.42 Å². The number of rotatable bonds is 3. The molecular formula is C19H25N3O. The summed E-state index contributed by atoms with van der Waals surface area (Å²) in [7, 11) is 1.96. The molecule has 0 saturated heterocycles. The predicted octanol–water partition coefficient (Wildman–Crippen LogP) is 3.26. The standard InChI is InChI=1S/C19H25N3O/c1-13-7-9-18-16(12-13)6-5-11-22(18)19(23)10-8-17-14(2)20-21(4)15(17)3/h7,9,12H,5-6,8,10-11H2,1-4H3. The monoisotopic (exact) mass is 311 g/mol. The number of aromatic nitrogens is 2. The fourth-order valence-electron chi connectivity index (χ4n) is 3.53. The summed E-state index contributed by atoms with van der Waals surface area (Å²) in [6.45, 7) is 7.03. The van der Waals surface area contributed by atoms with Gasteiger partial charge in [-0.15, -0.1) is 0 Å². The summed E-state index contributed by atoms with van der Waals surface area (Å²) < 4.78 is 1.90. The topological polar surface area (TPSA) is 38.1 Å². The molecule has 23 heavy (non-hydrogen) atoms. The van der Waals surface area contributed by atoms with Gasteiger partial charge in [-0.3, -0.25) is 9.48 Å². The van der Waals surface area contributed by atoms with Crippen LogP contribution in [0.15, 0.2) is 18.2 Å². The Balaban J connectivity index is 1.75. The highest BCUT2D eigenvalue weighted by Gasteiger charge is 2.23. The third-order valence-electron chi connectivity index (χ3n) is 4.90. The second-order valence-electron chi connectivity index (χ2n) is 6.55. The molecule has 0 aliphatic carbocycles. The van der Waals surface area contributed by atoms with E-state index in [0.717, 1.165) is 42.9 Å². The van der Waals surface area contributed by atoms with Crippen molar-refractivity contribution in [2.75, 3.05) is 11.4 Å². The molecular weight excluding hydrogens is 286 g/mol. The minimum atomic E-state index is 0.220. The Kier molecular flexibility index (Phi) is 4.24. The summed E-state index contributed by atoms with van der Waals surface area (Å²) in [5, 5.41) is 4.44. The number of aryl methyl sites for hydroxylation is 4. The van der Waals surface area contributed by atoms with Crippen molar-refractivity contribution < 1.29 is 4.79 Å². The lowest BCUT2D eigenvalue weighted by Gasteiger charge is -2.30. The Hall–Kier alpha value is -2.10. The highest BCUT2D eigenvalue weighted by Crippen LogP contribution is 2.29. The molecule has 1 amide bonds. The molecule has 0 saturated carbocycles. The zero-order valence-corrected chi connectivity index (χ0v) is 14.5. The van der Waals surface area contributed by atoms with Crippen LogP contribution in [-0.4, -0.2) is 22.2 Å². The Morgan fingerprint density at radius 2 is 2.04 bits per heavy atom. The van der Waals surface area contributed by atoms with Gasteiger partial charge in [-0.2, -0.15) is 5.10 Å². The van der Waals surface area contributed by atoms with Gasteiger partial charge in [0, 0.05) is 31.4 Å². The first-order valence-electron chi connectivity index (χ1n) is 8.36. The van der Waals surface area contributed by atoms with Gasteiger partial charge in [0.15, 0.2) is 0 Å². The van der Waals surface area contributed by atoms with Crippen LogP contribution in [0, 0.1) is 20.8 Å². The Bertz CT molecular complexity index is 745. The highest BCUT2D eigenvalue weighted by atomic mass is 16.2. The minimum absolute atomic E-state index is 0.220. The molecule has 0 radical (unpaired) electrons. The van der Waals surface area contributed by atoms with Crippen molar-refractivity contribution in [3.05, 3.63) is 46.3 Å². The van der Waals surface area contributed by atoms with E-state index in [-0.39, 0.29) is 5.91 Å². The van der Waals surface area contributed by atoms with Gasteiger partial charge < -0.3 is 4.90 Å². The van der Waals surface area contributed by atoms with Crippen molar-refractivity contribution in [1.82, 2.24) is 9.78 Å². The number of carbonyl (C=O) groups excluding carboxylic acids is 1. The lowest BCUT2D eigenvalue weighted by molar-refractivity contribution is -0.118. The summed E-state index contributed by atoms with van der Waals surface area (Å²) in [5.74, 6) is 0.220. The number of amides is 1. The van der Waals surface area contributed by atoms with Crippen LogP contribution in [0.3, 0.4) is 0 Å².